The van der Waals surface area contributed by atoms with Gasteiger partial charge in [0.2, 0.25) is 5.91 Å². The van der Waals surface area contributed by atoms with Crippen molar-refractivity contribution in [1.29, 1.82) is 0 Å². The lowest BCUT2D eigenvalue weighted by atomic mass is 9.63. The minimum Gasteiger partial charge on any atom is -0.481 e. The molecular weight excluding hydrogens is 432 g/mol. The Morgan fingerprint density at radius 3 is 2.24 bits per heavy atom. The summed E-state index contributed by atoms with van der Waals surface area (Å²) in [6, 6.07) is 15.9. The van der Waals surface area contributed by atoms with Gasteiger partial charge in [-0.1, -0.05) is 55.0 Å². The maximum atomic E-state index is 12.8. The van der Waals surface area contributed by atoms with Crippen LogP contribution in [-0.2, 0) is 14.3 Å². The monoisotopic (exact) mass is 462 g/mol. The molecule has 1 saturated carbocycles. The fraction of sp³-hybridized carbons (Fsp3) is 0.444. The minimum absolute atomic E-state index is 0.0219. The van der Waals surface area contributed by atoms with Gasteiger partial charge in [-0.05, 0) is 42.0 Å². The second-order valence-corrected chi connectivity index (χ2v) is 9.96. The van der Waals surface area contributed by atoms with Crippen LogP contribution in [0.15, 0.2) is 48.5 Å². The Balaban J connectivity index is 1.15. The molecule has 1 spiro atoms. The van der Waals surface area contributed by atoms with Crippen molar-refractivity contribution < 1.29 is 24.2 Å². The zero-order valence-electron chi connectivity index (χ0n) is 19.3. The van der Waals surface area contributed by atoms with E-state index in [4.69, 9.17) is 4.74 Å². The van der Waals surface area contributed by atoms with Gasteiger partial charge in [-0.3, -0.25) is 9.59 Å². The summed E-state index contributed by atoms with van der Waals surface area (Å²) in [5, 5.41) is 12.3. The summed E-state index contributed by atoms with van der Waals surface area (Å²) in [5.74, 6) is -1.46. The molecule has 7 nitrogen and oxygen atoms in total. The lowest BCUT2D eigenvalue weighted by Gasteiger charge is -2.40. The summed E-state index contributed by atoms with van der Waals surface area (Å²) in [7, 11) is 0. The topological polar surface area (TPSA) is 95.9 Å². The van der Waals surface area contributed by atoms with Crippen molar-refractivity contribution in [1.82, 2.24) is 10.2 Å². The second-order valence-electron chi connectivity index (χ2n) is 9.96. The van der Waals surface area contributed by atoms with Crippen LogP contribution in [0.2, 0.25) is 0 Å². The number of fused-ring (bicyclic) bond motifs is 3. The molecule has 2 atom stereocenters. The molecule has 2 aromatic rings. The summed E-state index contributed by atoms with van der Waals surface area (Å²) < 4.78 is 5.57. The number of carbonyl (C=O) groups excluding carboxylic acids is 2. The van der Waals surface area contributed by atoms with Gasteiger partial charge >= 0.3 is 12.1 Å². The highest BCUT2D eigenvalue weighted by atomic mass is 16.5. The van der Waals surface area contributed by atoms with E-state index in [1.165, 1.54) is 11.1 Å². The van der Waals surface area contributed by atoms with Crippen LogP contribution in [0, 0.1) is 11.3 Å². The van der Waals surface area contributed by atoms with Gasteiger partial charge < -0.3 is 20.1 Å². The smallest absolute Gasteiger partial charge is 0.407 e. The van der Waals surface area contributed by atoms with Gasteiger partial charge in [-0.15, -0.1) is 0 Å². The molecule has 2 aliphatic carbocycles. The number of nitrogens with zero attached hydrogens (tertiary/aromatic N) is 1. The first-order valence-electron chi connectivity index (χ1n) is 12.0. The number of likely N-dealkylation sites (tertiary alicyclic amines) is 1. The van der Waals surface area contributed by atoms with Gasteiger partial charge in [-0.25, -0.2) is 4.79 Å². The van der Waals surface area contributed by atoms with Crippen LogP contribution in [0.25, 0.3) is 11.1 Å². The average molecular weight is 463 g/mol. The van der Waals surface area contributed by atoms with Crippen LogP contribution >= 0.6 is 0 Å². The number of rotatable bonds is 6. The van der Waals surface area contributed by atoms with Gasteiger partial charge in [0, 0.05) is 36.9 Å². The fourth-order valence-corrected chi connectivity index (χ4v) is 5.92. The van der Waals surface area contributed by atoms with Crippen LogP contribution in [0.1, 0.15) is 49.7 Å². The maximum Gasteiger partial charge on any atom is 0.407 e. The predicted molar refractivity (Wildman–Crippen MR) is 126 cm³/mol. The summed E-state index contributed by atoms with van der Waals surface area (Å²) >= 11 is 0. The van der Waals surface area contributed by atoms with E-state index in [1.54, 1.807) is 11.8 Å². The number of carbonyl (C=O) groups is 3. The van der Waals surface area contributed by atoms with E-state index in [1.807, 2.05) is 24.3 Å². The molecule has 1 saturated heterocycles. The molecule has 1 aliphatic heterocycles. The Labute approximate surface area is 199 Å². The van der Waals surface area contributed by atoms with Crippen molar-refractivity contribution in [2.24, 2.45) is 11.3 Å². The molecule has 2 N–H and O–H groups in total. The Kier molecular flexibility index (Phi) is 5.80. The Hall–Kier alpha value is -3.35. The van der Waals surface area contributed by atoms with Crippen LogP contribution in [0.3, 0.4) is 0 Å². The van der Waals surface area contributed by atoms with Crippen molar-refractivity contribution in [2.75, 3.05) is 19.7 Å². The number of amides is 2. The molecule has 2 fully saturated rings. The van der Waals surface area contributed by atoms with E-state index in [9.17, 15) is 19.5 Å². The number of hydrogen-bond acceptors (Lipinski definition) is 4. The molecule has 3 aliphatic rings. The van der Waals surface area contributed by atoms with Crippen molar-refractivity contribution in [3.8, 4) is 11.1 Å². The van der Waals surface area contributed by atoms with Crippen molar-refractivity contribution in [3.05, 3.63) is 59.7 Å². The van der Waals surface area contributed by atoms with Crippen LogP contribution in [0.5, 0.6) is 0 Å². The number of alkyl carbamates (subject to hydrolysis) is 1. The van der Waals surface area contributed by atoms with E-state index < -0.39 is 24.0 Å². The van der Waals surface area contributed by atoms with Crippen LogP contribution in [-0.4, -0.2) is 53.7 Å². The maximum absolute atomic E-state index is 12.8. The highest BCUT2D eigenvalue weighted by Gasteiger charge is 2.54. The normalized spacial score (nSPS) is 20.9. The Morgan fingerprint density at radius 1 is 1.09 bits per heavy atom. The van der Waals surface area contributed by atoms with E-state index in [2.05, 4.69) is 29.6 Å². The number of nitrogens with one attached hydrogen (secondary N) is 1. The lowest BCUT2D eigenvalue weighted by molar-refractivity contribution is -0.146. The third kappa shape index (κ3) is 3.93. The molecule has 34 heavy (non-hydrogen) atoms. The molecule has 2 aromatic carbocycles. The van der Waals surface area contributed by atoms with Gasteiger partial charge in [0.25, 0.3) is 0 Å². The second kappa shape index (κ2) is 8.78. The summed E-state index contributed by atoms with van der Waals surface area (Å²) in [6.07, 6.45) is 2.31. The number of carboxylic acids is 1. The molecular formula is C27H30N2O5. The van der Waals surface area contributed by atoms with Crippen LogP contribution in [0.4, 0.5) is 4.79 Å². The van der Waals surface area contributed by atoms with E-state index >= 15 is 0 Å². The number of benzene rings is 2. The van der Waals surface area contributed by atoms with E-state index in [0.717, 1.165) is 30.4 Å². The highest BCUT2D eigenvalue weighted by molar-refractivity contribution is 5.81. The van der Waals surface area contributed by atoms with Gasteiger partial charge in [0.05, 0.1) is 5.92 Å². The first-order chi connectivity index (χ1) is 16.4. The molecule has 1 unspecified atom stereocenters. The fourth-order valence-electron chi connectivity index (χ4n) is 5.92. The molecule has 2 amide bonds. The lowest BCUT2D eigenvalue weighted by Crippen LogP contribution is -2.42. The van der Waals surface area contributed by atoms with E-state index in [-0.39, 0.29) is 36.8 Å². The Morgan fingerprint density at radius 2 is 1.71 bits per heavy atom. The summed E-state index contributed by atoms with van der Waals surface area (Å²) in [6.45, 7) is 2.74. The molecule has 0 bridgehead atoms. The number of aliphatic carboxylic acids is 1. The molecule has 5 rings (SSSR count). The molecule has 0 aromatic heterocycles. The van der Waals surface area contributed by atoms with Gasteiger partial charge in [-0.2, -0.15) is 0 Å². The van der Waals surface area contributed by atoms with Crippen molar-refractivity contribution in [2.45, 2.75) is 44.6 Å². The minimum atomic E-state index is -0.820. The SMILES string of the molecule is C[C@H](CC(=O)N1CC(C(=O)O)C2(CCC2)C1)NC(=O)OCC1c2ccccc2-c2ccccc21. The highest BCUT2D eigenvalue weighted by Crippen LogP contribution is 2.51. The predicted octanol–water partition coefficient (Wildman–Crippen LogP) is 4.02. The zero-order valence-corrected chi connectivity index (χ0v) is 19.3. The average Bonchev–Trinajstić information content (AvgIpc) is 3.35. The number of ether oxygens (including phenoxy) is 1. The molecule has 178 valence electrons. The first kappa shape index (κ1) is 22.4. The zero-order chi connectivity index (χ0) is 23.9. The molecule has 1 heterocycles. The third-order valence-electron chi connectivity index (χ3n) is 7.84. The summed E-state index contributed by atoms with van der Waals surface area (Å²) in [5.41, 5.74) is 4.37. The number of hydrogen-bond donors (Lipinski definition) is 2. The molecule has 7 heteroatoms. The van der Waals surface area contributed by atoms with Crippen molar-refractivity contribution in [3.63, 3.8) is 0 Å². The standard InChI is InChI=1S/C27H30N2O5/c1-17(13-24(30)29-14-23(25(31)32)27(16-29)11-6-12-27)28-26(33)34-15-22-20-9-4-2-7-18(20)19-8-3-5-10-21(19)22/h2-5,7-10,17,22-23H,6,11-16H2,1H3,(H,28,33)(H,31,32)/t17-,23?/m1/s1. The third-order valence-corrected chi connectivity index (χ3v) is 7.84. The van der Waals surface area contributed by atoms with Gasteiger partial charge in [0.15, 0.2) is 0 Å². The number of carboxylic acid groups (broad SMARTS) is 1. The summed E-state index contributed by atoms with van der Waals surface area (Å²) in [4.78, 5) is 38.6. The van der Waals surface area contributed by atoms with Gasteiger partial charge in [0.1, 0.15) is 6.61 Å². The van der Waals surface area contributed by atoms with Crippen LogP contribution < -0.4 is 5.32 Å². The van der Waals surface area contributed by atoms with Crippen molar-refractivity contribution >= 4 is 18.0 Å². The Bertz CT molecular complexity index is 1080. The van der Waals surface area contributed by atoms with E-state index in [0.29, 0.717) is 6.54 Å². The molecule has 0 radical (unpaired) electrons. The first-order valence-corrected chi connectivity index (χ1v) is 12.0. The largest absolute Gasteiger partial charge is 0.481 e. The quantitative estimate of drug-likeness (QED) is 0.676.